The number of carbonyl (C=O) groups is 1. The van der Waals surface area contributed by atoms with E-state index >= 15 is 0 Å². The zero-order valence-corrected chi connectivity index (χ0v) is 11.1. The maximum atomic E-state index is 11.6. The number of hydrogen-bond donors (Lipinski definition) is 1. The van der Waals surface area contributed by atoms with E-state index in [0.29, 0.717) is 11.1 Å². The first-order valence-electron chi connectivity index (χ1n) is 5.50. The van der Waals surface area contributed by atoms with Gasteiger partial charge in [-0.05, 0) is 12.1 Å². The first-order chi connectivity index (χ1) is 8.37. The van der Waals surface area contributed by atoms with Crippen LogP contribution in [0.4, 0.5) is 0 Å². The van der Waals surface area contributed by atoms with Gasteiger partial charge in [-0.3, -0.25) is 0 Å². The zero-order chi connectivity index (χ0) is 13.9. The van der Waals surface area contributed by atoms with Crippen LogP contribution in [0.1, 0.15) is 29.8 Å². The fourth-order valence-corrected chi connectivity index (χ4v) is 1.60. The van der Waals surface area contributed by atoms with Crippen LogP contribution in [-0.2, 0) is 10.2 Å². The van der Waals surface area contributed by atoms with Crippen LogP contribution in [0.3, 0.4) is 0 Å². The van der Waals surface area contributed by atoms with Crippen molar-refractivity contribution in [1.82, 2.24) is 0 Å². The number of aromatic hydroxyl groups is 1. The van der Waals surface area contributed by atoms with E-state index in [2.05, 4.69) is 11.3 Å². The summed E-state index contributed by atoms with van der Waals surface area (Å²) in [6.45, 7) is 7.50. The minimum atomic E-state index is -0.485. The normalized spacial score (nSPS) is 10.9. The highest BCUT2D eigenvalue weighted by Crippen LogP contribution is 2.39. The lowest BCUT2D eigenvalue weighted by molar-refractivity contribution is 0.0600. The van der Waals surface area contributed by atoms with Crippen molar-refractivity contribution in [3.8, 4) is 11.5 Å². The monoisotopic (exact) mass is 250 g/mol. The largest absolute Gasteiger partial charge is 0.504 e. The zero-order valence-electron chi connectivity index (χ0n) is 11.1. The summed E-state index contributed by atoms with van der Waals surface area (Å²) in [5, 5.41) is 10.1. The predicted octanol–water partition coefficient (Wildman–Crippen LogP) is 2.65. The van der Waals surface area contributed by atoms with Crippen LogP contribution in [0.2, 0.25) is 0 Å². The summed E-state index contributed by atoms with van der Waals surface area (Å²) in [5.41, 5.74) is 0.413. The maximum Gasteiger partial charge on any atom is 0.337 e. The molecule has 1 rings (SSSR count). The van der Waals surface area contributed by atoms with Crippen LogP contribution >= 0.6 is 0 Å². The molecule has 0 heterocycles. The summed E-state index contributed by atoms with van der Waals surface area (Å²) < 4.78 is 9.74. The molecule has 0 spiro atoms. The molecule has 98 valence electrons. The highest BCUT2D eigenvalue weighted by molar-refractivity contribution is 5.90. The second-order valence-corrected chi connectivity index (χ2v) is 4.49. The van der Waals surface area contributed by atoms with Gasteiger partial charge < -0.3 is 14.6 Å². The smallest absolute Gasteiger partial charge is 0.337 e. The summed E-state index contributed by atoms with van der Waals surface area (Å²) in [6.07, 6.45) is 1.70. The molecule has 0 fully saturated rings. The number of benzene rings is 1. The number of esters is 1. The van der Waals surface area contributed by atoms with Crippen molar-refractivity contribution in [3.63, 3.8) is 0 Å². The maximum absolute atomic E-state index is 11.6. The molecule has 0 unspecified atom stereocenters. The molecule has 1 aromatic rings. The summed E-state index contributed by atoms with van der Waals surface area (Å²) in [5.74, 6) is -0.229. The van der Waals surface area contributed by atoms with Crippen LogP contribution in [0.25, 0.3) is 0 Å². The molecule has 0 aliphatic carbocycles. The second kappa shape index (κ2) is 5.12. The molecule has 18 heavy (non-hydrogen) atoms. The number of rotatable bonds is 4. The number of allylic oxidation sites excluding steroid dienone is 1. The van der Waals surface area contributed by atoms with Gasteiger partial charge in [-0.15, -0.1) is 6.58 Å². The molecule has 1 aromatic carbocycles. The average Bonchev–Trinajstić information content (AvgIpc) is 2.37. The van der Waals surface area contributed by atoms with Gasteiger partial charge in [0.1, 0.15) is 0 Å². The van der Waals surface area contributed by atoms with Gasteiger partial charge in [-0.1, -0.05) is 19.9 Å². The van der Waals surface area contributed by atoms with Gasteiger partial charge in [0.2, 0.25) is 0 Å². The van der Waals surface area contributed by atoms with E-state index in [9.17, 15) is 9.90 Å². The lowest BCUT2D eigenvalue weighted by Gasteiger charge is -2.23. The van der Waals surface area contributed by atoms with Crippen molar-refractivity contribution < 1.29 is 19.4 Å². The molecular weight excluding hydrogens is 232 g/mol. The Morgan fingerprint density at radius 3 is 2.44 bits per heavy atom. The van der Waals surface area contributed by atoms with E-state index in [-0.39, 0.29) is 11.5 Å². The van der Waals surface area contributed by atoms with Crippen LogP contribution in [0.5, 0.6) is 11.5 Å². The predicted molar refractivity (Wildman–Crippen MR) is 69.2 cm³/mol. The Kier molecular flexibility index (Phi) is 4.01. The minimum absolute atomic E-state index is 0.00931. The van der Waals surface area contributed by atoms with Crippen LogP contribution in [0.15, 0.2) is 24.8 Å². The molecule has 1 N–H and O–H groups in total. The Balaban J connectivity index is 3.50. The van der Waals surface area contributed by atoms with Crippen LogP contribution < -0.4 is 4.74 Å². The molecule has 0 saturated heterocycles. The molecule has 0 amide bonds. The lowest BCUT2D eigenvalue weighted by Crippen LogP contribution is -2.15. The minimum Gasteiger partial charge on any atom is -0.504 e. The van der Waals surface area contributed by atoms with Crippen LogP contribution in [-0.4, -0.2) is 25.3 Å². The summed E-state index contributed by atoms with van der Waals surface area (Å²) >= 11 is 0. The molecule has 4 nitrogen and oxygen atoms in total. The highest BCUT2D eigenvalue weighted by Gasteiger charge is 2.25. The third kappa shape index (κ3) is 2.47. The van der Waals surface area contributed by atoms with E-state index in [4.69, 9.17) is 4.74 Å². The van der Waals surface area contributed by atoms with E-state index in [0.717, 1.165) is 0 Å². The van der Waals surface area contributed by atoms with Crippen molar-refractivity contribution in [3.05, 3.63) is 35.9 Å². The van der Waals surface area contributed by atoms with Crippen LogP contribution in [0, 0.1) is 0 Å². The number of ether oxygens (including phenoxy) is 2. The number of hydrogen-bond acceptors (Lipinski definition) is 4. The van der Waals surface area contributed by atoms with Gasteiger partial charge in [0.05, 0.1) is 19.8 Å². The number of phenolic OH excluding ortho intramolecular Hbond substituents is 1. The van der Waals surface area contributed by atoms with Gasteiger partial charge in [-0.25, -0.2) is 4.79 Å². The topological polar surface area (TPSA) is 55.8 Å². The SMILES string of the molecule is C=CC(C)(C)c1cc(C(=O)OC)cc(OC)c1O. The Labute approximate surface area is 107 Å². The molecule has 0 aliphatic rings. The summed E-state index contributed by atoms with van der Waals surface area (Å²) in [4.78, 5) is 11.6. The number of methoxy groups -OCH3 is 2. The van der Waals surface area contributed by atoms with Crippen molar-refractivity contribution in [2.75, 3.05) is 14.2 Å². The molecule has 0 aromatic heterocycles. The number of phenols is 1. The Bertz CT molecular complexity index is 475. The third-order valence-electron chi connectivity index (χ3n) is 2.92. The summed E-state index contributed by atoms with van der Waals surface area (Å²) in [6, 6.07) is 3.04. The molecule has 0 bridgehead atoms. The third-order valence-corrected chi connectivity index (χ3v) is 2.92. The molecule has 0 aliphatic heterocycles. The van der Waals surface area contributed by atoms with Crippen molar-refractivity contribution in [1.29, 1.82) is 0 Å². The van der Waals surface area contributed by atoms with Crippen molar-refractivity contribution >= 4 is 5.97 Å². The van der Waals surface area contributed by atoms with Crippen molar-refractivity contribution in [2.24, 2.45) is 0 Å². The first kappa shape index (κ1) is 14.1. The van der Waals surface area contributed by atoms with Gasteiger partial charge >= 0.3 is 5.97 Å². The van der Waals surface area contributed by atoms with E-state index in [1.165, 1.54) is 20.3 Å². The quantitative estimate of drug-likeness (QED) is 0.659. The first-order valence-corrected chi connectivity index (χ1v) is 5.50. The molecule has 0 atom stereocenters. The van der Waals surface area contributed by atoms with Gasteiger partial charge in [0.15, 0.2) is 11.5 Å². The van der Waals surface area contributed by atoms with Gasteiger partial charge in [0.25, 0.3) is 0 Å². The Morgan fingerprint density at radius 1 is 1.39 bits per heavy atom. The van der Waals surface area contributed by atoms with E-state index < -0.39 is 11.4 Å². The summed E-state index contributed by atoms with van der Waals surface area (Å²) in [7, 11) is 2.74. The lowest BCUT2D eigenvalue weighted by atomic mass is 9.83. The molecule has 0 radical (unpaired) electrons. The molecule has 4 heteroatoms. The second-order valence-electron chi connectivity index (χ2n) is 4.49. The Hall–Kier alpha value is -1.97. The van der Waals surface area contributed by atoms with E-state index in [1.807, 2.05) is 13.8 Å². The van der Waals surface area contributed by atoms with Gasteiger partial charge in [-0.2, -0.15) is 0 Å². The van der Waals surface area contributed by atoms with Crippen molar-refractivity contribution in [2.45, 2.75) is 19.3 Å². The average molecular weight is 250 g/mol. The fraction of sp³-hybridized carbons (Fsp3) is 0.357. The molecular formula is C14H18O4. The highest BCUT2D eigenvalue weighted by atomic mass is 16.5. The fourth-order valence-electron chi connectivity index (χ4n) is 1.60. The number of carbonyl (C=O) groups excluding carboxylic acids is 1. The standard InChI is InChI=1S/C14H18O4/c1-6-14(2,3)10-7-9(13(16)18-5)8-11(17-4)12(10)15/h6-8,15H,1H2,2-5H3. The molecule has 0 saturated carbocycles. The van der Waals surface area contributed by atoms with Gasteiger partial charge in [0, 0.05) is 11.0 Å². The van der Waals surface area contributed by atoms with E-state index in [1.54, 1.807) is 12.1 Å². The Morgan fingerprint density at radius 2 is 2.00 bits per heavy atom.